The van der Waals surface area contributed by atoms with E-state index in [1.54, 1.807) is 0 Å². The first-order chi connectivity index (χ1) is 11.9. The molecule has 1 aromatic rings. The number of carbonyl (C=O) groups excluding carboxylic acids is 1. The number of amidine groups is 1. The van der Waals surface area contributed by atoms with Gasteiger partial charge in [0.2, 0.25) is 0 Å². The fourth-order valence-corrected chi connectivity index (χ4v) is 4.22. The van der Waals surface area contributed by atoms with E-state index in [0.717, 1.165) is 53.8 Å². The number of rotatable bonds is 4. The Morgan fingerprint density at radius 1 is 1.28 bits per heavy atom. The fourth-order valence-electron chi connectivity index (χ4n) is 3.10. The normalized spacial score (nSPS) is 17.4. The molecule has 0 unspecified atom stereocenters. The zero-order valence-electron chi connectivity index (χ0n) is 15.6. The number of amides is 1. The van der Waals surface area contributed by atoms with E-state index >= 15 is 0 Å². The van der Waals surface area contributed by atoms with Crippen molar-refractivity contribution in [2.75, 3.05) is 18.4 Å². The summed E-state index contributed by atoms with van der Waals surface area (Å²) in [5.74, 6) is -0.0194. The number of nitrogens with one attached hydrogen (secondary N) is 1. The fraction of sp³-hybridized carbons (Fsp3) is 0.500. The first-order valence-electron chi connectivity index (χ1n) is 9.05. The minimum atomic E-state index is -0.0194. The molecule has 1 N–H and O–H groups in total. The molecule has 0 fully saturated rings. The van der Waals surface area contributed by atoms with Crippen LogP contribution in [0.2, 0.25) is 0 Å². The van der Waals surface area contributed by atoms with Gasteiger partial charge in [-0.15, -0.1) is 0 Å². The number of allylic oxidation sites excluding steroid dienone is 1. The highest BCUT2D eigenvalue weighted by molar-refractivity contribution is 8.18. The molecule has 0 aliphatic carbocycles. The Morgan fingerprint density at radius 2 is 2.00 bits per heavy atom. The number of thioether (sulfide) groups is 1. The van der Waals surface area contributed by atoms with Crippen molar-refractivity contribution in [1.29, 1.82) is 0 Å². The van der Waals surface area contributed by atoms with Gasteiger partial charge in [0, 0.05) is 24.5 Å². The second-order valence-electron chi connectivity index (χ2n) is 7.58. The molecule has 0 atom stereocenters. The van der Waals surface area contributed by atoms with E-state index in [1.165, 1.54) is 17.3 Å². The van der Waals surface area contributed by atoms with Crippen molar-refractivity contribution in [3.8, 4) is 0 Å². The highest BCUT2D eigenvalue weighted by atomic mass is 32.2. The van der Waals surface area contributed by atoms with Crippen LogP contribution in [-0.4, -0.2) is 29.1 Å². The average molecular weight is 358 g/mol. The number of carbonyl (C=O) groups is 1. The number of anilines is 1. The van der Waals surface area contributed by atoms with Gasteiger partial charge in [0.1, 0.15) is 0 Å². The van der Waals surface area contributed by atoms with Gasteiger partial charge >= 0.3 is 0 Å². The van der Waals surface area contributed by atoms with Gasteiger partial charge in [0.05, 0.1) is 4.91 Å². The quantitative estimate of drug-likeness (QED) is 0.846. The summed E-state index contributed by atoms with van der Waals surface area (Å²) < 4.78 is 0. The molecule has 2 aliphatic rings. The second-order valence-corrected chi connectivity index (χ2v) is 8.56. The predicted molar refractivity (Wildman–Crippen MR) is 107 cm³/mol. The Labute approximate surface area is 154 Å². The molecule has 2 aliphatic heterocycles. The van der Waals surface area contributed by atoms with Crippen molar-refractivity contribution < 1.29 is 4.79 Å². The lowest BCUT2D eigenvalue weighted by molar-refractivity contribution is -0.112. The third-order valence-corrected chi connectivity index (χ3v) is 5.66. The maximum Gasteiger partial charge on any atom is 0.264 e. The average Bonchev–Trinajstić information content (AvgIpc) is 2.94. The van der Waals surface area contributed by atoms with Crippen LogP contribution in [-0.2, 0) is 10.2 Å². The Hall–Kier alpha value is -1.75. The van der Waals surface area contributed by atoms with Crippen LogP contribution in [0.15, 0.2) is 39.9 Å². The van der Waals surface area contributed by atoms with Crippen LogP contribution >= 0.6 is 11.8 Å². The summed E-state index contributed by atoms with van der Waals surface area (Å²) in [4.78, 5) is 20.5. The standard InChI is InChI=1S/C20H27N3OS/c1-5-7-16-17(25-19-21-12-6-13-23(16)19)18(24)22-15-10-8-14(9-11-15)20(2,3)4/h8-11H,5-7,12-13H2,1-4H3,(H,22,24). The third kappa shape index (κ3) is 3.92. The molecule has 5 heteroatoms. The lowest BCUT2D eigenvalue weighted by Crippen LogP contribution is -2.29. The number of nitrogens with zero attached hydrogens (tertiary/aromatic N) is 2. The van der Waals surface area contributed by atoms with E-state index in [4.69, 9.17) is 0 Å². The zero-order chi connectivity index (χ0) is 18.0. The molecule has 3 rings (SSSR count). The van der Waals surface area contributed by atoms with E-state index in [-0.39, 0.29) is 11.3 Å². The first kappa shape index (κ1) is 18.1. The van der Waals surface area contributed by atoms with Crippen LogP contribution in [0.4, 0.5) is 5.69 Å². The number of fused-ring (bicyclic) bond motifs is 1. The molecular weight excluding hydrogens is 330 g/mol. The van der Waals surface area contributed by atoms with Gasteiger partial charge in [0.15, 0.2) is 5.17 Å². The van der Waals surface area contributed by atoms with E-state index in [2.05, 4.69) is 55.0 Å². The van der Waals surface area contributed by atoms with Gasteiger partial charge in [-0.25, -0.2) is 0 Å². The maximum atomic E-state index is 12.9. The van der Waals surface area contributed by atoms with Crippen LogP contribution in [0, 0.1) is 0 Å². The summed E-state index contributed by atoms with van der Waals surface area (Å²) >= 11 is 1.52. The van der Waals surface area contributed by atoms with Gasteiger partial charge in [-0.05, 0) is 47.7 Å². The van der Waals surface area contributed by atoms with Crippen molar-refractivity contribution >= 4 is 28.5 Å². The van der Waals surface area contributed by atoms with Crippen LogP contribution < -0.4 is 5.32 Å². The van der Waals surface area contributed by atoms with E-state index in [1.807, 2.05) is 12.1 Å². The van der Waals surface area contributed by atoms with Gasteiger partial charge < -0.3 is 10.2 Å². The van der Waals surface area contributed by atoms with E-state index in [9.17, 15) is 4.79 Å². The molecule has 134 valence electrons. The van der Waals surface area contributed by atoms with Crippen LogP contribution in [0.3, 0.4) is 0 Å². The van der Waals surface area contributed by atoms with Crippen molar-refractivity contribution in [3.05, 3.63) is 40.4 Å². The largest absolute Gasteiger partial charge is 0.323 e. The molecular formula is C20H27N3OS. The summed E-state index contributed by atoms with van der Waals surface area (Å²) in [6.07, 6.45) is 2.99. The second kappa shape index (κ2) is 7.24. The summed E-state index contributed by atoms with van der Waals surface area (Å²) in [6.45, 7) is 10.6. The van der Waals surface area contributed by atoms with Gasteiger partial charge in [-0.2, -0.15) is 0 Å². The summed E-state index contributed by atoms with van der Waals surface area (Å²) in [5.41, 5.74) is 3.35. The summed E-state index contributed by atoms with van der Waals surface area (Å²) in [6, 6.07) is 8.16. The van der Waals surface area contributed by atoms with Crippen molar-refractivity contribution in [3.63, 3.8) is 0 Å². The number of hydrogen-bond acceptors (Lipinski definition) is 4. The Balaban J connectivity index is 1.78. The Bertz CT molecular complexity index is 713. The van der Waals surface area contributed by atoms with Crippen LogP contribution in [0.5, 0.6) is 0 Å². The number of benzene rings is 1. The number of hydrogen-bond donors (Lipinski definition) is 1. The molecule has 0 spiro atoms. The highest BCUT2D eigenvalue weighted by Gasteiger charge is 2.33. The molecule has 4 nitrogen and oxygen atoms in total. The molecule has 1 amide bonds. The Kier molecular flexibility index (Phi) is 5.23. The summed E-state index contributed by atoms with van der Waals surface area (Å²) in [5, 5.41) is 4.05. The van der Waals surface area contributed by atoms with Gasteiger partial charge in [0.25, 0.3) is 5.91 Å². The SMILES string of the molecule is CCCC1=C(C(=O)Nc2ccc(C(C)(C)C)cc2)SC2=NCCCN21. The molecule has 0 aromatic heterocycles. The van der Waals surface area contributed by atoms with Crippen molar-refractivity contribution in [2.45, 2.75) is 52.4 Å². The minimum absolute atomic E-state index is 0.0194. The first-order valence-corrected chi connectivity index (χ1v) is 9.86. The molecule has 0 saturated carbocycles. The lowest BCUT2D eigenvalue weighted by Gasteiger charge is -2.25. The topological polar surface area (TPSA) is 44.7 Å². The number of aliphatic imine (C=N–C) groups is 1. The Morgan fingerprint density at radius 3 is 2.64 bits per heavy atom. The smallest absolute Gasteiger partial charge is 0.264 e. The summed E-state index contributed by atoms with van der Waals surface area (Å²) in [7, 11) is 0. The third-order valence-electron chi connectivity index (χ3n) is 4.50. The minimum Gasteiger partial charge on any atom is -0.323 e. The van der Waals surface area contributed by atoms with Crippen molar-refractivity contribution in [1.82, 2.24) is 4.90 Å². The zero-order valence-corrected chi connectivity index (χ0v) is 16.4. The van der Waals surface area contributed by atoms with Gasteiger partial charge in [-0.1, -0.05) is 46.2 Å². The van der Waals surface area contributed by atoms with Crippen LogP contribution in [0.25, 0.3) is 0 Å². The molecule has 0 radical (unpaired) electrons. The molecule has 1 aromatic carbocycles. The molecule has 0 saturated heterocycles. The molecule has 2 heterocycles. The van der Waals surface area contributed by atoms with E-state index in [0.29, 0.717) is 0 Å². The molecule has 25 heavy (non-hydrogen) atoms. The van der Waals surface area contributed by atoms with Gasteiger partial charge in [-0.3, -0.25) is 9.79 Å². The van der Waals surface area contributed by atoms with Crippen LogP contribution in [0.1, 0.15) is 52.5 Å². The highest BCUT2D eigenvalue weighted by Crippen LogP contribution is 2.38. The van der Waals surface area contributed by atoms with E-state index < -0.39 is 0 Å². The predicted octanol–water partition coefficient (Wildman–Crippen LogP) is 4.74. The lowest BCUT2D eigenvalue weighted by atomic mass is 9.87. The molecule has 0 bridgehead atoms. The van der Waals surface area contributed by atoms with Crippen molar-refractivity contribution in [2.24, 2.45) is 4.99 Å². The maximum absolute atomic E-state index is 12.9. The monoisotopic (exact) mass is 357 g/mol.